The van der Waals surface area contributed by atoms with E-state index in [4.69, 9.17) is 4.74 Å². The molecule has 1 saturated heterocycles. The average molecular weight is 278 g/mol. The second-order valence-corrected chi connectivity index (χ2v) is 5.25. The predicted molar refractivity (Wildman–Crippen MR) is 77.8 cm³/mol. The van der Waals surface area contributed by atoms with Gasteiger partial charge < -0.3 is 15.2 Å². The number of benzene rings is 1. The van der Waals surface area contributed by atoms with Crippen LogP contribution in [0.1, 0.15) is 11.1 Å². The van der Waals surface area contributed by atoms with Crippen molar-refractivity contribution >= 4 is 11.6 Å². The minimum Gasteiger partial charge on any atom is -0.395 e. The Morgan fingerprint density at radius 2 is 2.30 bits per heavy atom. The Hall–Kier alpha value is -1.43. The van der Waals surface area contributed by atoms with Crippen LogP contribution in [0.25, 0.3) is 0 Å². The van der Waals surface area contributed by atoms with Gasteiger partial charge in [-0.25, -0.2) is 0 Å². The van der Waals surface area contributed by atoms with Crippen LogP contribution in [0.15, 0.2) is 18.2 Å². The van der Waals surface area contributed by atoms with E-state index in [1.54, 1.807) is 0 Å². The fourth-order valence-electron chi connectivity index (χ4n) is 2.39. The van der Waals surface area contributed by atoms with Crippen molar-refractivity contribution in [3.8, 4) is 0 Å². The van der Waals surface area contributed by atoms with Crippen LogP contribution in [0.4, 0.5) is 5.69 Å². The van der Waals surface area contributed by atoms with Gasteiger partial charge in [-0.15, -0.1) is 0 Å². The van der Waals surface area contributed by atoms with E-state index in [9.17, 15) is 9.90 Å². The highest BCUT2D eigenvalue weighted by molar-refractivity contribution is 5.93. The molecule has 1 unspecified atom stereocenters. The fourth-order valence-corrected chi connectivity index (χ4v) is 2.39. The molecule has 0 spiro atoms. The zero-order valence-corrected chi connectivity index (χ0v) is 12.1. The second kappa shape index (κ2) is 6.83. The van der Waals surface area contributed by atoms with E-state index in [2.05, 4.69) is 5.32 Å². The molecule has 1 aliphatic rings. The first-order valence-electron chi connectivity index (χ1n) is 6.90. The molecule has 1 aliphatic heterocycles. The third-order valence-electron chi connectivity index (χ3n) is 3.56. The lowest BCUT2D eigenvalue weighted by Gasteiger charge is -2.33. The third-order valence-corrected chi connectivity index (χ3v) is 3.56. The number of ether oxygens (including phenoxy) is 1. The zero-order chi connectivity index (χ0) is 14.5. The Morgan fingerprint density at radius 1 is 1.50 bits per heavy atom. The molecule has 1 aromatic rings. The number of anilines is 1. The summed E-state index contributed by atoms with van der Waals surface area (Å²) in [6, 6.07) is 5.86. The van der Waals surface area contributed by atoms with Gasteiger partial charge in [-0.1, -0.05) is 17.7 Å². The van der Waals surface area contributed by atoms with Gasteiger partial charge in [0.1, 0.15) is 0 Å². The Labute approximate surface area is 119 Å². The van der Waals surface area contributed by atoms with Gasteiger partial charge in [-0.2, -0.15) is 0 Å². The summed E-state index contributed by atoms with van der Waals surface area (Å²) in [5.41, 5.74) is 3.07. The van der Waals surface area contributed by atoms with Gasteiger partial charge in [0.25, 0.3) is 0 Å². The zero-order valence-electron chi connectivity index (χ0n) is 12.1. The molecule has 20 heavy (non-hydrogen) atoms. The fraction of sp³-hybridized carbons (Fsp3) is 0.533. The van der Waals surface area contributed by atoms with Crippen molar-refractivity contribution in [1.82, 2.24) is 4.90 Å². The summed E-state index contributed by atoms with van der Waals surface area (Å²) < 4.78 is 5.30. The van der Waals surface area contributed by atoms with E-state index in [1.165, 1.54) is 5.56 Å². The highest BCUT2D eigenvalue weighted by atomic mass is 16.5. The highest BCUT2D eigenvalue weighted by Crippen LogP contribution is 2.16. The van der Waals surface area contributed by atoms with E-state index in [1.807, 2.05) is 36.9 Å². The number of hydrogen-bond donors (Lipinski definition) is 2. The number of carbonyl (C=O) groups is 1. The summed E-state index contributed by atoms with van der Waals surface area (Å²) in [5, 5.41) is 12.2. The molecule has 1 aromatic carbocycles. The minimum atomic E-state index is -0.0892. The van der Waals surface area contributed by atoms with Crippen LogP contribution < -0.4 is 5.32 Å². The maximum atomic E-state index is 12.1. The van der Waals surface area contributed by atoms with Gasteiger partial charge >= 0.3 is 0 Å². The van der Waals surface area contributed by atoms with Gasteiger partial charge in [-0.3, -0.25) is 9.69 Å². The van der Waals surface area contributed by atoms with Gasteiger partial charge in [-0.05, 0) is 25.5 Å². The molecule has 0 aliphatic carbocycles. The van der Waals surface area contributed by atoms with Crippen molar-refractivity contribution in [1.29, 1.82) is 0 Å². The lowest BCUT2D eigenvalue weighted by Crippen LogP contribution is -2.50. The number of morpholine rings is 1. The number of amides is 1. The predicted octanol–water partition coefficient (Wildman–Crippen LogP) is 0.935. The van der Waals surface area contributed by atoms with Crippen LogP contribution >= 0.6 is 0 Å². The van der Waals surface area contributed by atoms with Crippen LogP contribution in [0.5, 0.6) is 0 Å². The van der Waals surface area contributed by atoms with E-state index >= 15 is 0 Å². The quantitative estimate of drug-likeness (QED) is 0.860. The number of aliphatic hydroxyl groups is 1. The molecule has 0 saturated carbocycles. The second-order valence-electron chi connectivity index (χ2n) is 5.25. The molecule has 2 rings (SSSR count). The van der Waals surface area contributed by atoms with Gasteiger partial charge in [0.05, 0.1) is 32.4 Å². The smallest absolute Gasteiger partial charge is 0.238 e. The molecule has 110 valence electrons. The molecule has 1 atom stereocenters. The molecule has 5 heteroatoms. The molecular weight excluding hydrogens is 256 g/mol. The molecule has 0 radical (unpaired) electrons. The van der Waals surface area contributed by atoms with Gasteiger partial charge in [0.2, 0.25) is 5.91 Å². The molecule has 1 amide bonds. The molecular formula is C15H22N2O3. The molecule has 5 nitrogen and oxygen atoms in total. The third kappa shape index (κ3) is 3.79. The van der Waals surface area contributed by atoms with E-state index in [0.717, 1.165) is 11.3 Å². The molecule has 0 aromatic heterocycles. The SMILES string of the molecule is Cc1ccc(NC(=O)CN2CCOCC2CO)c(C)c1. The maximum Gasteiger partial charge on any atom is 0.238 e. The summed E-state index contributed by atoms with van der Waals surface area (Å²) in [6.45, 7) is 6.05. The summed E-state index contributed by atoms with van der Waals surface area (Å²) in [7, 11) is 0. The number of nitrogens with one attached hydrogen (secondary N) is 1. The molecule has 2 N–H and O–H groups in total. The largest absolute Gasteiger partial charge is 0.395 e. The molecule has 0 bridgehead atoms. The van der Waals surface area contributed by atoms with E-state index < -0.39 is 0 Å². The van der Waals surface area contributed by atoms with E-state index in [-0.39, 0.29) is 25.1 Å². The molecule has 1 heterocycles. The number of nitrogens with zero attached hydrogens (tertiary/aromatic N) is 1. The molecule has 1 fully saturated rings. The number of carbonyl (C=O) groups excluding carboxylic acids is 1. The highest BCUT2D eigenvalue weighted by Gasteiger charge is 2.24. The average Bonchev–Trinajstić information content (AvgIpc) is 2.42. The normalized spacial score (nSPS) is 19.9. The first kappa shape index (κ1) is 15.0. The first-order chi connectivity index (χ1) is 9.60. The summed E-state index contributed by atoms with van der Waals surface area (Å²) in [5.74, 6) is -0.0581. The van der Waals surface area contributed by atoms with Crippen LogP contribution in [-0.4, -0.2) is 54.9 Å². The number of aryl methyl sites for hydroxylation is 2. The van der Waals surface area contributed by atoms with Crippen LogP contribution in [-0.2, 0) is 9.53 Å². The summed E-state index contributed by atoms with van der Waals surface area (Å²) in [6.07, 6.45) is 0. The van der Waals surface area contributed by atoms with Crippen molar-refractivity contribution in [3.63, 3.8) is 0 Å². The standard InChI is InChI=1S/C15H22N2O3/c1-11-3-4-14(12(2)7-11)16-15(19)8-17-5-6-20-10-13(17)9-18/h3-4,7,13,18H,5-6,8-10H2,1-2H3,(H,16,19). The van der Waals surface area contributed by atoms with Crippen molar-refractivity contribution < 1.29 is 14.6 Å². The first-order valence-corrected chi connectivity index (χ1v) is 6.90. The van der Waals surface area contributed by atoms with Crippen molar-refractivity contribution in [2.45, 2.75) is 19.9 Å². The summed E-state index contributed by atoms with van der Waals surface area (Å²) >= 11 is 0. The number of rotatable bonds is 4. The lowest BCUT2D eigenvalue weighted by molar-refractivity contribution is -0.120. The Balaban J connectivity index is 1.94. The van der Waals surface area contributed by atoms with Crippen molar-refractivity contribution in [2.24, 2.45) is 0 Å². The lowest BCUT2D eigenvalue weighted by atomic mass is 10.1. The van der Waals surface area contributed by atoms with Gasteiger partial charge in [0.15, 0.2) is 0 Å². The Bertz CT molecular complexity index is 476. The van der Waals surface area contributed by atoms with Crippen LogP contribution in [0.2, 0.25) is 0 Å². The minimum absolute atomic E-state index is 0.0108. The van der Waals surface area contributed by atoms with Crippen LogP contribution in [0, 0.1) is 13.8 Å². The monoisotopic (exact) mass is 278 g/mol. The van der Waals surface area contributed by atoms with Crippen molar-refractivity contribution in [3.05, 3.63) is 29.3 Å². The van der Waals surface area contributed by atoms with Gasteiger partial charge in [0, 0.05) is 12.2 Å². The van der Waals surface area contributed by atoms with E-state index in [0.29, 0.717) is 19.8 Å². The Morgan fingerprint density at radius 3 is 3.00 bits per heavy atom. The number of aliphatic hydroxyl groups excluding tert-OH is 1. The summed E-state index contributed by atoms with van der Waals surface area (Å²) in [4.78, 5) is 14.1. The van der Waals surface area contributed by atoms with Crippen molar-refractivity contribution in [2.75, 3.05) is 38.2 Å². The maximum absolute atomic E-state index is 12.1. The number of hydrogen-bond acceptors (Lipinski definition) is 4. The van der Waals surface area contributed by atoms with Crippen LogP contribution in [0.3, 0.4) is 0 Å². The Kier molecular flexibility index (Phi) is 5.11. The topological polar surface area (TPSA) is 61.8 Å².